The van der Waals surface area contributed by atoms with Gasteiger partial charge in [0.1, 0.15) is 5.82 Å². The highest BCUT2D eigenvalue weighted by atomic mass is 32.2. The fourth-order valence-corrected chi connectivity index (χ4v) is 6.01. The molecule has 174 valence electrons. The van der Waals surface area contributed by atoms with E-state index in [0.717, 1.165) is 27.9 Å². The number of hydrogen-bond donors (Lipinski definition) is 1. The summed E-state index contributed by atoms with van der Waals surface area (Å²) < 4.78 is 40.9. The third kappa shape index (κ3) is 4.54. The third-order valence-electron chi connectivity index (χ3n) is 6.19. The van der Waals surface area contributed by atoms with E-state index < -0.39 is 27.9 Å². The van der Waals surface area contributed by atoms with Crippen molar-refractivity contribution in [1.29, 1.82) is 0 Å². The summed E-state index contributed by atoms with van der Waals surface area (Å²) in [7, 11) is -4.03. The quantitative estimate of drug-likeness (QED) is 0.682. The molecule has 0 unspecified atom stereocenters. The van der Waals surface area contributed by atoms with Gasteiger partial charge in [-0.15, -0.1) is 0 Å². The summed E-state index contributed by atoms with van der Waals surface area (Å²) in [5.41, 5.74) is 1.80. The van der Waals surface area contributed by atoms with Crippen molar-refractivity contribution in [3.63, 3.8) is 0 Å². The number of nitrogens with zero attached hydrogens (tertiary/aromatic N) is 2. The van der Waals surface area contributed by atoms with Crippen LogP contribution in [0.1, 0.15) is 37.3 Å². The summed E-state index contributed by atoms with van der Waals surface area (Å²) in [5, 5.41) is 9.94. The zero-order valence-corrected chi connectivity index (χ0v) is 19.4. The molecule has 2 aromatic carbocycles. The molecule has 0 aliphatic carbocycles. The smallest absolute Gasteiger partial charge is 0.243 e. The topological polar surface area (TPSA) is 77.9 Å². The SMILES string of the molecule is CC(C)CC#Cc1ccc([C@H]2[C@H](CO)N3C(=O)CN(S(=O)(=O)c4cccc(F)c4)C[C@@H]23)cc1. The largest absolute Gasteiger partial charge is 0.394 e. The average molecular weight is 471 g/mol. The number of piperazine rings is 1. The van der Waals surface area contributed by atoms with Gasteiger partial charge in [0.05, 0.1) is 30.1 Å². The zero-order valence-electron chi connectivity index (χ0n) is 18.6. The Balaban J connectivity index is 1.57. The van der Waals surface area contributed by atoms with Gasteiger partial charge in [-0.3, -0.25) is 4.79 Å². The van der Waals surface area contributed by atoms with Gasteiger partial charge >= 0.3 is 0 Å². The lowest BCUT2D eigenvalue weighted by Crippen LogP contribution is -2.73. The first-order chi connectivity index (χ1) is 15.7. The Morgan fingerprint density at radius 2 is 1.91 bits per heavy atom. The van der Waals surface area contributed by atoms with E-state index in [9.17, 15) is 22.7 Å². The molecule has 0 aromatic heterocycles. The highest BCUT2D eigenvalue weighted by Gasteiger charge is 2.55. The maximum atomic E-state index is 13.6. The molecule has 2 saturated heterocycles. The summed E-state index contributed by atoms with van der Waals surface area (Å²) in [4.78, 5) is 14.2. The lowest BCUT2D eigenvalue weighted by molar-refractivity contribution is -0.158. The number of carbonyl (C=O) groups is 1. The second kappa shape index (κ2) is 9.26. The molecule has 0 saturated carbocycles. The fourth-order valence-electron chi connectivity index (χ4n) is 4.58. The Morgan fingerprint density at radius 3 is 2.55 bits per heavy atom. The van der Waals surface area contributed by atoms with E-state index in [0.29, 0.717) is 5.92 Å². The van der Waals surface area contributed by atoms with Crippen LogP contribution >= 0.6 is 0 Å². The molecule has 2 heterocycles. The molecule has 2 fully saturated rings. The lowest BCUT2D eigenvalue weighted by Gasteiger charge is -2.58. The molecule has 2 aliphatic rings. The van der Waals surface area contributed by atoms with Crippen molar-refractivity contribution in [2.24, 2.45) is 5.92 Å². The standard InChI is InChI=1S/C25H27FN2O4S/c1-17(2)5-3-6-18-9-11-19(12-10-18)25-22-14-27(15-24(30)28(22)23(25)16-29)33(31,32)21-8-4-7-20(26)13-21/h4,7-13,17,22-23,25,29H,5,14-16H2,1-2H3/t22-,23-,25+/m0/s1. The van der Waals surface area contributed by atoms with E-state index in [2.05, 4.69) is 25.7 Å². The van der Waals surface area contributed by atoms with E-state index in [-0.39, 0.29) is 36.4 Å². The van der Waals surface area contributed by atoms with Crippen molar-refractivity contribution in [3.8, 4) is 11.8 Å². The van der Waals surface area contributed by atoms with Crippen LogP contribution < -0.4 is 0 Å². The second-order valence-corrected chi connectivity index (χ2v) is 10.9. The molecular weight excluding hydrogens is 443 g/mol. The van der Waals surface area contributed by atoms with Crippen molar-refractivity contribution in [3.05, 3.63) is 65.5 Å². The minimum Gasteiger partial charge on any atom is -0.394 e. The van der Waals surface area contributed by atoms with Crippen LogP contribution in [-0.4, -0.2) is 60.4 Å². The van der Waals surface area contributed by atoms with Crippen LogP contribution in [0.4, 0.5) is 4.39 Å². The maximum absolute atomic E-state index is 13.6. The van der Waals surface area contributed by atoms with Gasteiger partial charge in [-0.2, -0.15) is 4.31 Å². The zero-order chi connectivity index (χ0) is 23.8. The van der Waals surface area contributed by atoms with Crippen LogP contribution in [0.3, 0.4) is 0 Å². The molecule has 0 radical (unpaired) electrons. The molecule has 2 aromatic rings. The number of fused-ring (bicyclic) bond motifs is 1. The van der Waals surface area contributed by atoms with Crippen LogP contribution in [0.2, 0.25) is 0 Å². The normalized spacial score (nSPS) is 23.0. The number of amides is 1. The Bertz CT molecular complexity index is 1200. The van der Waals surface area contributed by atoms with Gasteiger partial charge in [0, 0.05) is 24.4 Å². The number of sulfonamides is 1. The van der Waals surface area contributed by atoms with Crippen molar-refractivity contribution in [2.75, 3.05) is 19.7 Å². The molecule has 6 nitrogen and oxygen atoms in total. The van der Waals surface area contributed by atoms with Crippen LogP contribution in [0.15, 0.2) is 53.4 Å². The summed E-state index contributed by atoms with van der Waals surface area (Å²) in [6.07, 6.45) is 0.811. The molecule has 0 bridgehead atoms. The molecule has 0 spiro atoms. The first-order valence-electron chi connectivity index (χ1n) is 11.0. The number of aliphatic hydroxyl groups excluding tert-OH is 1. The Hall–Kier alpha value is -2.73. The van der Waals surface area contributed by atoms with E-state index in [1.165, 1.54) is 18.2 Å². The molecule has 4 rings (SSSR count). The number of rotatable bonds is 5. The van der Waals surface area contributed by atoms with Crippen LogP contribution in [-0.2, 0) is 14.8 Å². The fraction of sp³-hybridized carbons (Fsp3) is 0.400. The Morgan fingerprint density at radius 1 is 1.18 bits per heavy atom. The monoisotopic (exact) mass is 470 g/mol. The first-order valence-corrected chi connectivity index (χ1v) is 12.4. The van der Waals surface area contributed by atoms with E-state index in [1.54, 1.807) is 4.90 Å². The van der Waals surface area contributed by atoms with Gasteiger partial charge in [0.2, 0.25) is 15.9 Å². The molecular formula is C25H27FN2O4S. The molecule has 1 amide bonds. The summed E-state index contributed by atoms with van der Waals surface area (Å²) in [5.74, 6) is 5.56. The minimum absolute atomic E-state index is 0.0850. The van der Waals surface area contributed by atoms with Crippen LogP contribution in [0.5, 0.6) is 0 Å². The molecule has 1 N–H and O–H groups in total. The molecule has 3 atom stereocenters. The highest BCUT2D eigenvalue weighted by molar-refractivity contribution is 7.89. The summed E-state index contributed by atoms with van der Waals surface area (Å²) in [6, 6.07) is 11.7. The third-order valence-corrected chi connectivity index (χ3v) is 8.00. The first kappa shape index (κ1) is 23.4. The maximum Gasteiger partial charge on any atom is 0.243 e. The number of hydrogen-bond acceptors (Lipinski definition) is 4. The van der Waals surface area contributed by atoms with Crippen molar-refractivity contribution in [2.45, 2.75) is 43.2 Å². The summed E-state index contributed by atoms with van der Waals surface area (Å²) >= 11 is 0. The minimum atomic E-state index is -4.03. The van der Waals surface area contributed by atoms with Crippen LogP contribution in [0.25, 0.3) is 0 Å². The van der Waals surface area contributed by atoms with Gasteiger partial charge < -0.3 is 10.0 Å². The predicted octanol–water partition coefficient (Wildman–Crippen LogP) is 2.58. The predicted molar refractivity (Wildman–Crippen MR) is 122 cm³/mol. The van der Waals surface area contributed by atoms with Crippen LogP contribution in [0, 0.1) is 23.6 Å². The van der Waals surface area contributed by atoms with Crippen molar-refractivity contribution < 1.29 is 22.7 Å². The van der Waals surface area contributed by atoms with E-state index in [1.807, 2.05) is 24.3 Å². The van der Waals surface area contributed by atoms with E-state index >= 15 is 0 Å². The van der Waals surface area contributed by atoms with Gasteiger partial charge in [0.15, 0.2) is 0 Å². The van der Waals surface area contributed by atoms with Gasteiger partial charge in [-0.25, -0.2) is 12.8 Å². The van der Waals surface area contributed by atoms with Crippen molar-refractivity contribution in [1.82, 2.24) is 9.21 Å². The van der Waals surface area contributed by atoms with Gasteiger partial charge in [-0.1, -0.05) is 43.9 Å². The molecule has 2 aliphatic heterocycles. The summed E-state index contributed by atoms with van der Waals surface area (Å²) in [6.45, 7) is 3.76. The average Bonchev–Trinajstić information content (AvgIpc) is 2.76. The molecule has 33 heavy (non-hydrogen) atoms. The number of aliphatic hydroxyl groups is 1. The van der Waals surface area contributed by atoms with Gasteiger partial charge in [-0.05, 0) is 41.8 Å². The number of benzene rings is 2. The van der Waals surface area contributed by atoms with Crippen molar-refractivity contribution >= 4 is 15.9 Å². The lowest BCUT2D eigenvalue weighted by atomic mass is 9.74. The number of carbonyl (C=O) groups excluding carboxylic acids is 1. The molecule has 8 heteroatoms. The Labute approximate surface area is 194 Å². The van der Waals surface area contributed by atoms with Gasteiger partial charge in [0.25, 0.3) is 0 Å². The van der Waals surface area contributed by atoms with E-state index in [4.69, 9.17) is 0 Å². The highest BCUT2D eigenvalue weighted by Crippen LogP contribution is 2.43. The number of halogens is 1. The second-order valence-electron chi connectivity index (χ2n) is 8.92. The Kier molecular flexibility index (Phi) is 6.57.